The van der Waals surface area contributed by atoms with E-state index in [1.54, 1.807) is 0 Å². The highest BCUT2D eigenvalue weighted by atomic mass is 16.1. The van der Waals surface area contributed by atoms with E-state index >= 15 is 0 Å². The Morgan fingerprint density at radius 1 is 0.833 bits per heavy atom. The number of benzene rings is 1. The summed E-state index contributed by atoms with van der Waals surface area (Å²) in [7, 11) is 0. The van der Waals surface area contributed by atoms with E-state index in [0.29, 0.717) is 11.1 Å². The first kappa shape index (κ1) is 14.4. The van der Waals surface area contributed by atoms with Gasteiger partial charge in [0.1, 0.15) is 0 Å². The van der Waals surface area contributed by atoms with Gasteiger partial charge in [0.2, 0.25) is 0 Å². The monoisotopic (exact) mass is 323 g/mol. The minimum Gasteiger partial charge on any atom is -0.361 e. The lowest BCUT2D eigenvalue weighted by molar-refractivity contribution is 0.939. The second kappa shape index (κ2) is 5.16. The minimum absolute atomic E-state index is 0.220. The van der Waals surface area contributed by atoms with E-state index < -0.39 is 5.92 Å². The van der Waals surface area contributed by atoms with Crippen LogP contribution in [0.15, 0.2) is 40.1 Å². The molecule has 4 rings (SSSR count). The van der Waals surface area contributed by atoms with Gasteiger partial charge in [-0.1, -0.05) is 18.2 Å². The van der Waals surface area contributed by atoms with Crippen molar-refractivity contribution in [1.29, 1.82) is 0 Å². The molecule has 0 amide bonds. The van der Waals surface area contributed by atoms with Crippen molar-refractivity contribution < 1.29 is 0 Å². The molecule has 0 aliphatic heterocycles. The fourth-order valence-corrected chi connectivity index (χ4v) is 3.39. The quantitative estimate of drug-likeness (QED) is 0.397. The second-order valence-electron chi connectivity index (χ2n) is 5.96. The van der Waals surface area contributed by atoms with Crippen LogP contribution in [0.1, 0.15) is 34.0 Å². The Kier molecular flexibility index (Phi) is 3.09. The third-order valence-electron chi connectivity index (χ3n) is 4.53. The van der Waals surface area contributed by atoms with E-state index in [9.17, 15) is 9.59 Å². The normalized spacial score (nSPS) is 11.6. The summed E-state index contributed by atoms with van der Waals surface area (Å²) in [6, 6.07) is 7.85. The number of rotatable bonds is 3. The summed E-state index contributed by atoms with van der Waals surface area (Å²) in [5.41, 5.74) is 3.95. The van der Waals surface area contributed by atoms with E-state index in [0.717, 1.165) is 27.9 Å². The largest absolute Gasteiger partial charge is 0.361 e. The number of aromatic nitrogens is 5. The molecule has 3 heterocycles. The Hall–Kier alpha value is -3.22. The van der Waals surface area contributed by atoms with E-state index in [-0.39, 0.29) is 11.1 Å². The molecule has 0 unspecified atom stereocenters. The van der Waals surface area contributed by atoms with Gasteiger partial charge in [0.05, 0.1) is 17.0 Å². The van der Waals surface area contributed by atoms with Crippen LogP contribution in [-0.4, -0.2) is 25.4 Å². The molecule has 7 heteroatoms. The van der Waals surface area contributed by atoms with Gasteiger partial charge in [-0.15, -0.1) is 0 Å². The topological polar surface area (TPSA) is 113 Å². The lowest BCUT2D eigenvalue weighted by atomic mass is 9.85. The molecule has 122 valence electrons. The van der Waals surface area contributed by atoms with Crippen molar-refractivity contribution in [2.45, 2.75) is 19.8 Å². The Labute approximate surface area is 136 Å². The van der Waals surface area contributed by atoms with E-state index in [1.807, 2.05) is 44.3 Å². The molecular formula is C17H17N5O2. The van der Waals surface area contributed by atoms with Gasteiger partial charge < -0.3 is 15.2 Å². The SMILES string of the molecule is Cc1[nH][nH]c(=O)c1C(c1c(C)[nH][nH]c1=O)c1c[nH]c2ccccc12. The number of hydrogen-bond acceptors (Lipinski definition) is 2. The van der Waals surface area contributed by atoms with Crippen molar-refractivity contribution in [3.63, 3.8) is 0 Å². The van der Waals surface area contributed by atoms with Crippen LogP contribution in [0.4, 0.5) is 0 Å². The average Bonchev–Trinajstić information content (AvgIpc) is 3.23. The molecule has 0 aliphatic rings. The van der Waals surface area contributed by atoms with Crippen molar-refractivity contribution in [3.05, 3.63) is 79.2 Å². The first-order valence-corrected chi connectivity index (χ1v) is 7.68. The Morgan fingerprint density at radius 3 is 1.96 bits per heavy atom. The van der Waals surface area contributed by atoms with Gasteiger partial charge in [-0.05, 0) is 25.5 Å². The summed E-state index contributed by atoms with van der Waals surface area (Å²) >= 11 is 0. The molecular weight excluding hydrogens is 306 g/mol. The first-order valence-electron chi connectivity index (χ1n) is 7.68. The molecule has 0 saturated carbocycles. The Balaban J connectivity index is 2.09. The average molecular weight is 323 g/mol. The Bertz CT molecular complexity index is 1080. The molecule has 0 bridgehead atoms. The summed E-state index contributed by atoms with van der Waals surface area (Å²) in [6.45, 7) is 3.65. The van der Waals surface area contributed by atoms with Crippen molar-refractivity contribution in [1.82, 2.24) is 25.4 Å². The molecule has 0 radical (unpaired) electrons. The first-order chi connectivity index (χ1) is 11.6. The molecule has 3 aromatic heterocycles. The summed E-state index contributed by atoms with van der Waals surface area (Å²) < 4.78 is 0. The molecule has 0 fully saturated rings. The van der Waals surface area contributed by atoms with Gasteiger partial charge in [0.15, 0.2) is 0 Å². The highest BCUT2D eigenvalue weighted by Gasteiger charge is 2.29. The highest BCUT2D eigenvalue weighted by Crippen LogP contribution is 2.35. The van der Waals surface area contributed by atoms with Crippen molar-refractivity contribution >= 4 is 10.9 Å². The molecule has 24 heavy (non-hydrogen) atoms. The van der Waals surface area contributed by atoms with Crippen molar-refractivity contribution in [3.8, 4) is 0 Å². The van der Waals surface area contributed by atoms with Crippen LogP contribution in [-0.2, 0) is 0 Å². The smallest absolute Gasteiger partial charge is 0.268 e. The maximum Gasteiger partial charge on any atom is 0.268 e. The molecule has 7 nitrogen and oxygen atoms in total. The van der Waals surface area contributed by atoms with E-state index in [1.165, 1.54) is 0 Å². The maximum absolute atomic E-state index is 12.4. The predicted octanol–water partition coefficient (Wildman–Crippen LogP) is 2.00. The highest BCUT2D eigenvalue weighted by molar-refractivity contribution is 5.84. The lowest BCUT2D eigenvalue weighted by Gasteiger charge is -2.14. The summed E-state index contributed by atoms with van der Waals surface area (Å²) in [4.78, 5) is 28.0. The molecule has 0 atom stereocenters. The molecule has 4 aromatic rings. The molecule has 0 spiro atoms. The van der Waals surface area contributed by atoms with Crippen LogP contribution < -0.4 is 11.1 Å². The molecule has 5 N–H and O–H groups in total. The summed E-state index contributed by atoms with van der Waals surface area (Å²) in [5, 5.41) is 11.9. The lowest BCUT2D eigenvalue weighted by Crippen LogP contribution is -2.20. The number of aryl methyl sites for hydroxylation is 2. The summed E-state index contributed by atoms with van der Waals surface area (Å²) in [6.07, 6.45) is 1.87. The summed E-state index contributed by atoms with van der Waals surface area (Å²) in [5.74, 6) is -0.467. The number of para-hydroxylation sites is 1. The van der Waals surface area contributed by atoms with Crippen LogP contribution >= 0.6 is 0 Å². The van der Waals surface area contributed by atoms with Crippen LogP contribution in [0.25, 0.3) is 10.9 Å². The third kappa shape index (κ3) is 1.98. The van der Waals surface area contributed by atoms with Crippen LogP contribution in [0.3, 0.4) is 0 Å². The minimum atomic E-state index is -0.467. The zero-order valence-corrected chi connectivity index (χ0v) is 13.3. The van der Waals surface area contributed by atoms with Gasteiger partial charge in [-0.2, -0.15) is 0 Å². The third-order valence-corrected chi connectivity index (χ3v) is 4.53. The number of hydrogen-bond donors (Lipinski definition) is 5. The number of H-pyrrole nitrogens is 5. The standard InChI is InChI=1S/C17H17N5O2/c1-8-13(16(23)21-19-8)15(14-9(2)20-22-17(14)24)11-7-18-12-6-4-3-5-10(11)12/h3-7,15,18H,1-2H3,(H2,19,21,23)(H2,20,22,24). The van der Waals surface area contributed by atoms with E-state index in [2.05, 4.69) is 25.4 Å². The van der Waals surface area contributed by atoms with Gasteiger partial charge in [0, 0.05) is 28.5 Å². The predicted molar refractivity (Wildman–Crippen MR) is 91.5 cm³/mol. The van der Waals surface area contributed by atoms with Crippen molar-refractivity contribution in [2.75, 3.05) is 0 Å². The van der Waals surface area contributed by atoms with Gasteiger partial charge in [-0.25, -0.2) is 0 Å². The molecule has 0 aliphatic carbocycles. The molecule has 1 aromatic carbocycles. The van der Waals surface area contributed by atoms with Gasteiger partial charge in [-0.3, -0.25) is 19.8 Å². The zero-order valence-electron chi connectivity index (χ0n) is 13.3. The van der Waals surface area contributed by atoms with Crippen LogP contribution in [0.2, 0.25) is 0 Å². The van der Waals surface area contributed by atoms with E-state index in [4.69, 9.17) is 0 Å². The Morgan fingerprint density at radius 2 is 1.42 bits per heavy atom. The number of fused-ring (bicyclic) bond motifs is 1. The number of aromatic amines is 5. The second-order valence-corrected chi connectivity index (χ2v) is 5.96. The number of nitrogens with one attached hydrogen (secondary N) is 5. The fraction of sp³-hybridized carbons (Fsp3) is 0.176. The van der Waals surface area contributed by atoms with Gasteiger partial charge >= 0.3 is 0 Å². The zero-order chi connectivity index (χ0) is 16.8. The van der Waals surface area contributed by atoms with Gasteiger partial charge in [0.25, 0.3) is 11.1 Å². The van der Waals surface area contributed by atoms with Crippen LogP contribution in [0, 0.1) is 13.8 Å². The van der Waals surface area contributed by atoms with Crippen LogP contribution in [0.5, 0.6) is 0 Å². The fourth-order valence-electron chi connectivity index (χ4n) is 3.39. The maximum atomic E-state index is 12.4. The van der Waals surface area contributed by atoms with Crippen molar-refractivity contribution in [2.24, 2.45) is 0 Å². The molecule has 0 saturated heterocycles.